The van der Waals surface area contributed by atoms with Gasteiger partial charge in [0.15, 0.2) is 0 Å². The largest absolute Gasteiger partial charge is 0.496 e. The summed E-state index contributed by atoms with van der Waals surface area (Å²) in [5.41, 5.74) is 0.323. The quantitative estimate of drug-likeness (QED) is 0.574. The van der Waals surface area contributed by atoms with Gasteiger partial charge in [-0.25, -0.2) is 4.98 Å². The second kappa shape index (κ2) is 4.27. The van der Waals surface area contributed by atoms with E-state index in [-0.39, 0.29) is 0 Å². The maximum atomic E-state index is 6.21. The van der Waals surface area contributed by atoms with Gasteiger partial charge in [0.25, 0.3) is 0 Å². The molecule has 5 heteroatoms. The highest BCUT2D eigenvalue weighted by atomic mass is 35.5. The van der Waals surface area contributed by atoms with Crippen molar-refractivity contribution in [2.24, 2.45) is 0 Å². The molecule has 1 aliphatic rings. The van der Waals surface area contributed by atoms with E-state index in [0.29, 0.717) is 10.7 Å². The fraction of sp³-hybridized carbons (Fsp3) is 0.462. The summed E-state index contributed by atoms with van der Waals surface area (Å²) in [6.07, 6.45) is 6.96. The molecule has 1 aliphatic heterocycles. The molecular formula is C13H15BClNO2. The van der Waals surface area contributed by atoms with Gasteiger partial charge >= 0.3 is 7.12 Å². The molecule has 1 saturated heterocycles. The average Bonchev–Trinajstić information content (AvgIpc) is 2.48. The lowest BCUT2D eigenvalue weighted by atomic mass is 9.79. The molecule has 0 N–H and O–H groups in total. The van der Waals surface area contributed by atoms with Crippen molar-refractivity contribution in [2.45, 2.75) is 38.9 Å². The van der Waals surface area contributed by atoms with Gasteiger partial charge in [0.1, 0.15) is 5.69 Å². The zero-order chi connectivity index (χ0) is 13.6. The Labute approximate surface area is 113 Å². The highest BCUT2D eigenvalue weighted by Crippen LogP contribution is 2.37. The van der Waals surface area contributed by atoms with Crippen LogP contribution in [-0.4, -0.2) is 23.3 Å². The van der Waals surface area contributed by atoms with Gasteiger partial charge in [0.05, 0.1) is 16.2 Å². The molecule has 3 nitrogen and oxygen atoms in total. The number of halogens is 1. The molecule has 0 radical (unpaired) electrons. The third-order valence-electron chi connectivity index (χ3n) is 3.56. The van der Waals surface area contributed by atoms with Gasteiger partial charge in [-0.1, -0.05) is 11.6 Å². The van der Waals surface area contributed by atoms with E-state index in [1.165, 1.54) is 0 Å². The molecule has 0 aromatic carbocycles. The number of pyridine rings is 1. The Hall–Kier alpha value is -1.02. The minimum Gasteiger partial charge on any atom is -0.399 e. The Morgan fingerprint density at radius 3 is 2.33 bits per heavy atom. The highest BCUT2D eigenvalue weighted by Gasteiger charge is 2.52. The zero-order valence-corrected chi connectivity index (χ0v) is 11.7. The van der Waals surface area contributed by atoms with Crippen molar-refractivity contribution in [3.63, 3.8) is 0 Å². The second-order valence-corrected chi connectivity index (χ2v) is 5.67. The average molecular weight is 264 g/mol. The van der Waals surface area contributed by atoms with Crippen LogP contribution in [0.2, 0.25) is 5.02 Å². The molecule has 0 atom stereocenters. The van der Waals surface area contributed by atoms with Crippen molar-refractivity contribution in [2.75, 3.05) is 0 Å². The maximum absolute atomic E-state index is 6.21. The molecule has 1 aromatic rings. The van der Waals surface area contributed by atoms with Crippen molar-refractivity contribution in [3.05, 3.63) is 23.0 Å². The first-order chi connectivity index (χ1) is 8.28. The lowest BCUT2D eigenvalue weighted by molar-refractivity contribution is 0.00578. The van der Waals surface area contributed by atoms with Crippen molar-refractivity contribution in [3.8, 4) is 12.3 Å². The van der Waals surface area contributed by atoms with Crippen LogP contribution in [0.1, 0.15) is 33.4 Å². The Bertz CT molecular complexity index is 506. The van der Waals surface area contributed by atoms with E-state index in [1.807, 2.05) is 27.7 Å². The fourth-order valence-electron chi connectivity index (χ4n) is 1.71. The van der Waals surface area contributed by atoms with Crippen LogP contribution >= 0.6 is 11.6 Å². The SMILES string of the molecule is C#Cc1nccc(B2OC(C)(C)C(C)(C)O2)c1Cl. The van der Waals surface area contributed by atoms with Crippen LogP contribution in [0, 0.1) is 12.3 Å². The number of terminal acetylenes is 1. The Kier molecular flexibility index (Phi) is 3.18. The van der Waals surface area contributed by atoms with Crippen molar-refractivity contribution in [1.82, 2.24) is 4.98 Å². The second-order valence-electron chi connectivity index (χ2n) is 5.30. The molecule has 0 unspecified atom stereocenters. The fourth-order valence-corrected chi connectivity index (χ4v) is 1.97. The molecule has 0 bridgehead atoms. The summed E-state index contributed by atoms with van der Waals surface area (Å²) in [5.74, 6) is 2.45. The van der Waals surface area contributed by atoms with Crippen LogP contribution in [0.15, 0.2) is 12.3 Å². The Morgan fingerprint density at radius 2 is 1.83 bits per heavy atom. The molecule has 0 saturated carbocycles. The van der Waals surface area contributed by atoms with E-state index in [1.54, 1.807) is 12.3 Å². The third kappa shape index (κ3) is 2.03. The molecule has 2 heterocycles. The van der Waals surface area contributed by atoms with E-state index < -0.39 is 18.3 Å². The van der Waals surface area contributed by atoms with Gasteiger partial charge in [-0.05, 0) is 39.7 Å². The van der Waals surface area contributed by atoms with E-state index in [9.17, 15) is 0 Å². The molecule has 18 heavy (non-hydrogen) atoms. The molecule has 2 rings (SSSR count). The van der Waals surface area contributed by atoms with Gasteiger partial charge < -0.3 is 9.31 Å². The summed E-state index contributed by atoms with van der Waals surface area (Å²) >= 11 is 6.21. The summed E-state index contributed by atoms with van der Waals surface area (Å²) in [6.45, 7) is 7.96. The number of rotatable bonds is 1. The summed E-state index contributed by atoms with van der Waals surface area (Å²) in [7, 11) is -0.516. The van der Waals surface area contributed by atoms with Gasteiger partial charge in [-0.3, -0.25) is 0 Å². The standard InChI is InChI=1S/C13H15BClNO2/c1-6-10-11(15)9(7-8-16-10)14-17-12(2,3)13(4,5)18-14/h1,7-8H,2-5H3. The normalized spacial score (nSPS) is 20.8. The van der Waals surface area contributed by atoms with Crippen molar-refractivity contribution < 1.29 is 9.31 Å². The van der Waals surface area contributed by atoms with Crippen LogP contribution in [0.5, 0.6) is 0 Å². The van der Waals surface area contributed by atoms with Gasteiger partial charge in [-0.2, -0.15) is 0 Å². The molecule has 0 spiro atoms. The summed E-state index contributed by atoms with van der Waals surface area (Å²) in [4.78, 5) is 4.02. The monoisotopic (exact) mass is 263 g/mol. The predicted octanol–water partition coefficient (Wildman–Crippen LogP) is 2.02. The Balaban J connectivity index is 2.39. The van der Waals surface area contributed by atoms with E-state index in [4.69, 9.17) is 27.3 Å². The molecule has 1 aromatic heterocycles. The Morgan fingerprint density at radius 1 is 1.28 bits per heavy atom. The van der Waals surface area contributed by atoms with Gasteiger partial charge in [0, 0.05) is 11.7 Å². The van der Waals surface area contributed by atoms with Crippen LogP contribution in [-0.2, 0) is 9.31 Å². The first-order valence-electron chi connectivity index (χ1n) is 5.75. The van der Waals surface area contributed by atoms with E-state index >= 15 is 0 Å². The molecular weight excluding hydrogens is 248 g/mol. The number of hydrogen-bond donors (Lipinski definition) is 0. The lowest BCUT2D eigenvalue weighted by Gasteiger charge is -2.32. The molecule has 94 valence electrons. The summed E-state index contributed by atoms with van der Waals surface area (Å²) in [5, 5.41) is 0.415. The van der Waals surface area contributed by atoms with Crippen LogP contribution < -0.4 is 5.46 Å². The lowest BCUT2D eigenvalue weighted by Crippen LogP contribution is -2.41. The first kappa shape index (κ1) is 13.4. The van der Waals surface area contributed by atoms with Crippen LogP contribution in [0.4, 0.5) is 0 Å². The number of aromatic nitrogens is 1. The minimum absolute atomic E-state index is 0.402. The highest BCUT2D eigenvalue weighted by molar-refractivity contribution is 6.65. The molecule has 1 fully saturated rings. The zero-order valence-electron chi connectivity index (χ0n) is 11.0. The number of nitrogens with zero attached hydrogens (tertiary/aromatic N) is 1. The van der Waals surface area contributed by atoms with Crippen molar-refractivity contribution >= 4 is 24.2 Å². The van der Waals surface area contributed by atoms with E-state index in [2.05, 4.69) is 10.9 Å². The van der Waals surface area contributed by atoms with Gasteiger partial charge in [0.2, 0.25) is 0 Å². The smallest absolute Gasteiger partial charge is 0.399 e. The topological polar surface area (TPSA) is 31.4 Å². The predicted molar refractivity (Wildman–Crippen MR) is 72.9 cm³/mol. The first-order valence-corrected chi connectivity index (χ1v) is 6.13. The van der Waals surface area contributed by atoms with Crippen molar-refractivity contribution in [1.29, 1.82) is 0 Å². The third-order valence-corrected chi connectivity index (χ3v) is 3.96. The summed E-state index contributed by atoms with van der Waals surface area (Å²) < 4.78 is 11.9. The van der Waals surface area contributed by atoms with Crippen LogP contribution in [0.25, 0.3) is 0 Å². The van der Waals surface area contributed by atoms with E-state index in [0.717, 1.165) is 5.46 Å². The van der Waals surface area contributed by atoms with Crippen LogP contribution in [0.3, 0.4) is 0 Å². The maximum Gasteiger partial charge on any atom is 0.496 e. The minimum atomic E-state index is -0.516. The van der Waals surface area contributed by atoms with Gasteiger partial charge in [-0.15, -0.1) is 6.42 Å². The molecule has 0 amide bonds. The molecule has 0 aliphatic carbocycles. The number of hydrogen-bond acceptors (Lipinski definition) is 3. The summed E-state index contributed by atoms with van der Waals surface area (Å²) in [6, 6.07) is 1.77.